The van der Waals surface area contributed by atoms with Crippen LogP contribution in [0.4, 0.5) is 5.69 Å². The predicted molar refractivity (Wildman–Crippen MR) is 67.4 cm³/mol. The molecule has 2 rings (SSSR count). The van der Waals surface area contributed by atoms with Crippen molar-refractivity contribution in [2.45, 2.75) is 19.4 Å². The smallest absolute Gasteiger partial charge is 0.307 e. The van der Waals surface area contributed by atoms with E-state index in [9.17, 15) is 14.9 Å². The third-order valence-corrected chi connectivity index (χ3v) is 2.81. The standard InChI is InChI=1S/C12H14N2O6/c1-2-18-12(15)4-8(13)7-3-10-11(20-6-19-10)5-9(7)14(16)17/h3,5,8H,2,4,6,13H2,1H3/t8-/m1/s1. The van der Waals surface area contributed by atoms with E-state index < -0.39 is 16.9 Å². The van der Waals surface area contributed by atoms with Gasteiger partial charge in [-0.15, -0.1) is 0 Å². The number of nitrogens with zero attached hydrogens (tertiary/aromatic N) is 1. The van der Waals surface area contributed by atoms with Gasteiger partial charge in [-0.25, -0.2) is 0 Å². The van der Waals surface area contributed by atoms with Crippen LogP contribution < -0.4 is 15.2 Å². The van der Waals surface area contributed by atoms with Crippen LogP contribution in [0.5, 0.6) is 11.5 Å². The van der Waals surface area contributed by atoms with Crippen molar-refractivity contribution in [1.29, 1.82) is 0 Å². The molecule has 0 fully saturated rings. The van der Waals surface area contributed by atoms with E-state index in [1.165, 1.54) is 12.1 Å². The van der Waals surface area contributed by atoms with Crippen molar-refractivity contribution < 1.29 is 23.9 Å². The van der Waals surface area contributed by atoms with Crippen LogP contribution in [0.3, 0.4) is 0 Å². The number of ether oxygens (including phenoxy) is 3. The first-order valence-electron chi connectivity index (χ1n) is 6.02. The summed E-state index contributed by atoms with van der Waals surface area (Å²) in [7, 11) is 0. The minimum atomic E-state index is -0.844. The Morgan fingerprint density at radius 2 is 2.15 bits per heavy atom. The molecule has 0 aliphatic carbocycles. The zero-order chi connectivity index (χ0) is 14.7. The van der Waals surface area contributed by atoms with E-state index in [1.54, 1.807) is 6.92 Å². The van der Waals surface area contributed by atoms with Gasteiger partial charge in [0.15, 0.2) is 11.5 Å². The van der Waals surface area contributed by atoms with Crippen molar-refractivity contribution in [2.24, 2.45) is 5.73 Å². The average molecular weight is 282 g/mol. The topological polar surface area (TPSA) is 114 Å². The molecule has 0 radical (unpaired) electrons. The van der Waals surface area contributed by atoms with Gasteiger partial charge in [-0.1, -0.05) is 0 Å². The highest BCUT2D eigenvalue weighted by Gasteiger charge is 2.27. The van der Waals surface area contributed by atoms with Crippen LogP contribution in [0, 0.1) is 10.1 Å². The van der Waals surface area contributed by atoms with Crippen molar-refractivity contribution in [2.75, 3.05) is 13.4 Å². The van der Waals surface area contributed by atoms with E-state index in [2.05, 4.69) is 0 Å². The molecule has 1 aliphatic heterocycles. The van der Waals surface area contributed by atoms with Gasteiger partial charge in [0.2, 0.25) is 6.79 Å². The van der Waals surface area contributed by atoms with Gasteiger partial charge in [-0.3, -0.25) is 14.9 Å². The van der Waals surface area contributed by atoms with Gasteiger partial charge in [0, 0.05) is 6.04 Å². The van der Waals surface area contributed by atoms with Gasteiger partial charge < -0.3 is 19.9 Å². The molecule has 1 atom stereocenters. The van der Waals surface area contributed by atoms with Crippen molar-refractivity contribution in [3.05, 3.63) is 27.8 Å². The van der Waals surface area contributed by atoms with Gasteiger partial charge in [0.25, 0.3) is 5.69 Å². The molecule has 0 spiro atoms. The number of nitro groups is 1. The molecule has 1 aliphatic rings. The summed E-state index contributed by atoms with van der Waals surface area (Å²) in [4.78, 5) is 21.9. The fraction of sp³-hybridized carbons (Fsp3) is 0.417. The number of hydrogen-bond acceptors (Lipinski definition) is 7. The van der Waals surface area contributed by atoms with Gasteiger partial charge in [0.1, 0.15) is 0 Å². The second-order valence-electron chi connectivity index (χ2n) is 4.14. The Morgan fingerprint density at radius 1 is 1.50 bits per heavy atom. The summed E-state index contributed by atoms with van der Waals surface area (Å²) in [6.07, 6.45) is -0.145. The largest absolute Gasteiger partial charge is 0.466 e. The molecule has 0 amide bonds. The van der Waals surface area contributed by atoms with E-state index in [-0.39, 0.29) is 31.1 Å². The monoisotopic (exact) mass is 282 g/mol. The van der Waals surface area contributed by atoms with Crippen molar-refractivity contribution >= 4 is 11.7 Å². The van der Waals surface area contributed by atoms with Crippen LogP contribution in [0.2, 0.25) is 0 Å². The van der Waals surface area contributed by atoms with Crippen molar-refractivity contribution in [3.8, 4) is 11.5 Å². The maximum Gasteiger partial charge on any atom is 0.307 e. The summed E-state index contributed by atoms with van der Waals surface area (Å²) in [6, 6.07) is 1.84. The van der Waals surface area contributed by atoms with Gasteiger partial charge in [-0.2, -0.15) is 0 Å². The van der Waals surface area contributed by atoms with Gasteiger partial charge >= 0.3 is 5.97 Å². The first-order valence-corrected chi connectivity index (χ1v) is 6.02. The van der Waals surface area contributed by atoms with Crippen LogP contribution in [0.25, 0.3) is 0 Å². The Bertz CT molecular complexity index is 545. The van der Waals surface area contributed by atoms with Gasteiger partial charge in [-0.05, 0) is 13.0 Å². The molecule has 8 heteroatoms. The summed E-state index contributed by atoms with van der Waals surface area (Å²) in [5.41, 5.74) is 5.87. The Kier molecular flexibility index (Phi) is 4.04. The molecule has 20 heavy (non-hydrogen) atoms. The van der Waals surface area contributed by atoms with E-state index >= 15 is 0 Å². The van der Waals surface area contributed by atoms with E-state index in [4.69, 9.17) is 19.9 Å². The highest BCUT2D eigenvalue weighted by Crippen LogP contribution is 2.40. The minimum Gasteiger partial charge on any atom is -0.466 e. The summed E-state index contributed by atoms with van der Waals surface area (Å²) in [6.45, 7) is 1.91. The minimum absolute atomic E-state index is 0.00303. The summed E-state index contributed by atoms with van der Waals surface area (Å²) < 4.78 is 15.0. The third-order valence-electron chi connectivity index (χ3n) is 2.81. The number of carbonyl (C=O) groups excluding carboxylic acids is 1. The molecule has 0 saturated carbocycles. The molecular formula is C12H14N2O6. The van der Waals surface area contributed by atoms with Crippen molar-refractivity contribution in [3.63, 3.8) is 0 Å². The summed E-state index contributed by atoms with van der Waals surface area (Å²) >= 11 is 0. The van der Waals surface area contributed by atoms with Crippen LogP contribution >= 0.6 is 0 Å². The Hall–Kier alpha value is -2.35. The molecule has 1 aromatic carbocycles. The molecule has 0 unspecified atom stereocenters. The fourth-order valence-electron chi connectivity index (χ4n) is 1.91. The maximum absolute atomic E-state index is 11.4. The van der Waals surface area contributed by atoms with Crippen LogP contribution in [-0.4, -0.2) is 24.3 Å². The molecule has 1 aromatic rings. The number of fused-ring (bicyclic) bond motifs is 1. The first kappa shape index (κ1) is 14.1. The molecule has 0 saturated heterocycles. The maximum atomic E-state index is 11.4. The summed E-state index contributed by atoms with van der Waals surface area (Å²) in [5, 5.41) is 11.1. The highest BCUT2D eigenvalue weighted by molar-refractivity contribution is 5.71. The van der Waals surface area contributed by atoms with Crippen LogP contribution in [0.15, 0.2) is 12.1 Å². The molecule has 2 N–H and O–H groups in total. The number of esters is 1. The predicted octanol–water partition coefficient (Wildman–Crippen LogP) is 1.28. The molecule has 1 heterocycles. The van der Waals surface area contributed by atoms with E-state index in [1.807, 2.05) is 0 Å². The van der Waals surface area contributed by atoms with Gasteiger partial charge in [0.05, 0.1) is 29.6 Å². The zero-order valence-electron chi connectivity index (χ0n) is 10.8. The summed E-state index contributed by atoms with van der Waals surface area (Å²) in [5.74, 6) is 0.167. The fourth-order valence-corrected chi connectivity index (χ4v) is 1.91. The first-order chi connectivity index (χ1) is 9.52. The molecule has 0 bridgehead atoms. The lowest BCUT2D eigenvalue weighted by molar-refractivity contribution is -0.385. The van der Waals surface area contributed by atoms with Crippen molar-refractivity contribution in [1.82, 2.24) is 0 Å². The number of nitrogens with two attached hydrogens (primary N) is 1. The molecule has 0 aromatic heterocycles. The van der Waals surface area contributed by atoms with E-state index in [0.717, 1.165) is 0 Å². The van der Waals surface area contributed by atoms with Crippen LogP contribution in [-0.2, 0) is 9.53 Å². The number of carbonyl (C=O) groups is 1. The normalized spacial score (nSPS) is 13.9. The molecule has 108 valence electrons. The Balaban J connectivity index is 2.29. The molecular weight excluding hydrogens is 268 g/mol. The Labute approximate surface area is 114 Å². The number of nitro benzene ring substituents is 1. The van der Waals surface area contributed by atoms with Crippen LogP contribution in [0.1, 0.15) is 24.9 Å². The second-order valence-corrected chi connectivity index (χ2v) is 4.14. The highest BCUT2D eigenvalue weighted by atomic mass is 16.7. The SMILES string of the molecule is CCOC(=O)C[C@@H](N)c1cc2c(cc1[N+](=O)[O-])OCO2. The number of hydrogen-bond donors (Lipinski definition) is 1. The number of rotatable bonds is 5. The molecule has 8 nitrogen and oxygen atoms in total. The second kappa shape index (κ2) is 5.74. The lowest BCUT2D eigenvalue weighted by atomic mass is 10.0. The lowest BCUT2D eigenvalue weighted by Gasteiger charge is -2.12. The van der Waals surface area contributed by atoms with E-state index in [0.29, 0.717) is 11.5 Å². The quantitative estimate of drug-likeness (QED) is 0.491. The average Bonchev–Trinajstić information content (AvgIpc) is 2.84. The zero-order valence-corrected chi connectivity index (χ0v) is 10.8. The number of benzene rings is 1. The Morgan fingerprint density at radius 3 is 2.75 bits per heavy atom. The lowest BCUT2D eigenvalue weighted by Crippen LogP contribution is -2.18. The third kappa shape index (κ3) is 2.80.